The Morgan fingerprint density at radius 1 is 1.16 bits per heavy atom. The normalized spacial score (nSPS) is 20.4. The summed E-state index contributed by atoms with van der Waals surface area (Å²) in [5, 5.41) is 19.5. The average molecular weight is 425 g/mol. The fourth-order valence-electron chi connectivity index (χ4n) is 4.27. The lowest BCUT2D eigenvalue weighted by molar-refractivity contribution is -0.122. The number of rotatable bonds is 3. The predicted molar refractivity (Wildman–Crippen MR) is 117 cm³/mol. The molecule has 9 heteroatoms. The fourth-order valence-corrected chi connectivity index (χ4v) is 4.27. The molecule has 0 saturated carbocycles. The van der Waals surface area contributed by atoms with Crippen LogP contribution in [0.3, 0.4) is 0 Å². The lowest BCUT2D eigenvalue weighted by Crippen LogP contribution is -2.35. The molecular weight excluding hydrogens is 396 g/mol. The van der Waals surface area contributed by atoms with Crippen LogP contribution < -0.4 is 0 Å². The Morgan fingerprint density at radius 3 is 2.39 bits per heavy atom. The minimum absolute atomic E-state index is 0.0928. The number of hydrogen-bond acceptors (Lipinski definition) is 5. The SMILES string of the molecule is C/C=C/C=C\C(=N)N1CC2CN(C(=O)c3nc4c(C)cc(C)cn4n3)CC2C1.O=CO. The number of amidine groups is 1. The number of pyridine rings is 1. The van der Waals surface area contributed by atoms with Gasteiger partial charge in [0.05, 0.1) is 0 Å². The van der Waals surface area contributed by atoms with Gasteiger partial charge >= 0.3 is 0 Å². The first kappa shape index (κ1) is 22.2. The zero-order valence-corrected chi connectivity index (χ0v) is 18.0. The van der Waals surface area contributed by atoms with Gasteiger partial charge in [0.25, 0.3) is 12.4 Å². The largest absolute Gasteiger partial charge is 0.483 e. The van der Waals surface area contributed by atoms with Crippen molar-refractivity contribution in [3.63, 3.8) is 0 Å². The van der Waals surface area contributed by atoms with Crippen LogP contribution in [0.4, 0.5) is 0 Å². The molecule has 4 rings (SSSR count). The molecule has 2 atom stereocenters. The van der Waals surface area contributed by atoms with Gasteiger partial charge in [0.1, 0.15) is 5.84 Å². The summed E-state index contributed by atoms with van der Waals surface area (Å²) in [6.07, 6.45) is 9.49. The number of carboxylic acid groups (broad SMARTS) is 1. The van der Waals surface area contributed by atoms with Crippen molar-refractivity contribution in [1.29, 1.82) is 5.41 Å². The van der Waals surface area contributed by atoms with Crippen molar-refractivity contribution in [1.82, 2.24) is 24.4 Å². The molecule has 1 amide bonds. The third-order valence-electron chi connectivity index (χ3n) is 5.62. The van der Waals surface area contributed by atoms with Crippen LogP contribution in [0.25, 0.3) is 5.65 Å². The van der Waals surface area contributed by atoms with Crippen LogP contribution in [0, 0.1) is 31.1 Å². The summed E-state index contributed by atoms with van der Waals surface area (Å²) < 4.78 is 1.70. The third-order valence-corrected chi connectivity index (χ3v) is 5.62. The third kappa shape index (κ3) is 4.82. The van der Waals surface area contributed by atoms with E-state index in [4.69, 9.17) is 15.3 Å². The molecule has 31 heavy (non-hydrogen) atoms. The number of nitrogens with one attached hydrogen (secondary N) is 1. The predicted octanol–water partition coefficient (Wildman–Crippen LogP) is 2.16. The molecular formula is C22H28N6O3. The minimum Gasteiger partial charge on any atom is -0.483 e. The van der Waals surface area contributed by atoms with E-state index in [1.54, 1.807) is 4.52 Å². The van der Waals surface area contributed by atoms with E-state index in [1.807, 2.05) is 62.2 Å². The molecule has 2 aromatic rings. The Morgan fingerprint density at radius 2 is 1.77 bits per heavy atom. The first-order valence-electron chi connectivity index (χ1n) is 10.2. The summed E-state index contributed by atoms with van der Waals surface area (Å²) in [5.74, 6) is 1.52. The molecule has 164 valence electrons. The molecule has 9 nitrogen and oxygen atoms in total. The molecule has 2 fully saturated rings. The van der Waals surface area contributed by atoms with Crippen molar-refractivity contribution in [3.8, 4) is 0 Å². The molecule has 2 aromatic heterocycles. The lowest BCUT2D eigenvalue weighted by Gasteiger charge is -2.21. The van der Waals surface area contributed by atoms with Crippen LogP contribution in [0.5, 0.6) is 0 Å². The molecule has 2 aliphatic rings. The summed E-state index contributed by atoms with van der Waals surface area (Å²) in [5.41, 5.74) is 2.85. The summed E-state index contributed by atoms with van der Waals surface area (Å²) in [7, 11) is 0. The van der Waals surface area contributed by atoms with Crippen LogP contribution in [-0.2, 0) is 4.79 Å². The van der Waals surface area contributed by atoms with Gasteiger partial charge in [0, 0.05) is 44.2 Å². The molecule has 0 aromatic carbocycles. The zero-order valence-electron chi connectivity index (χ0n) is 18.0. The topological polar surface area (TPSA) is 115 Å². The van der Waals surface area contributed by atoms with Crippen molar-refractivity contribution in [3.05, 3.63) is 53.5 Å². The molecule has 2 aliphatic heterocycles. The average Bonchev–Trinajstić information content (AvgIpc) is 3.41. The van der Waals surface area contributed by atoms with E-state index in [9.17, 15) is 4.79 Å². The maximum atomic E-state index is 12.9. The maximum Gasteiger partial charge on any atom is 0.293 e. The molecule has 0 spiro atoms. The van der Waals surface area contributed by atoms with Gasteiger partial charge in [-0.2, -0.15) is 0 Å². The Balaban J connectivity index is 0.000000858. The minimum atomic E-state index is -0.250. The number of amides is 1. The van der Waals surface area contributed by atoms with Gasteiger partial charge in [-0.15, -0.1) is 5.10 Å². The highest BCUT2D eigenvalue weighted by Gasteiger charge is 2.42. The number of carbonyl (C=O) groups excluding carboxylic acids is 1. The highest BCUT2D eigenvalue weighted by atomic mass is 16.3. The van der Waals surface area contributed by atoms with Crippen LogP contribution in [0.1, 0.15) is 28.7 Å². The number of likely N-dealkylation sites (tertiary alicyclic amines) is 2. The summed E-state index contributed by atoms with van der Waals surface area (Å²) in [6.45, 7) is 8.77. The van der Waals surface area contributed by atoms with E-state index < -0.39 is 0 Å². The van der Waals surface area contributed by atoms with E-state index in [0.717, 1.165) is 29.9 Å². The molecule has 0 aliphatic carbocycles. The van der Waals surface area contributed by atoms with E-state index in [0.29, 0.717) is 30.8 Å². The van der Waals surface area contributed by atoms with E-state index >= 15 is 0 Å². The van der Waals surface area contributed by atoms with Gasteiger partial charge in [0.2, 0.25) is 5.82 Å². The Labute approximate surface area is 181 Å². The van der Waals surface area contributed by atoms with Gasteiger partial charge in [-0.1, -0.05) is 24.3 Å². The van der Waals surface area contributed by atoms with E-state index in [1.165, 1.54) is 0 Å². The number of aromatic nitrogens is 3. The molecule has 4 heterocycles. The number of fused-ring (bicyclic) bond motifs is 2. The molecule has 0 bridgehead atoms. The second-order valence-corrected chi connectivity index (χ2v) is 7.91. The summed E-state index contributed by atoms with van der Waals surface area (Å²) >= 11 is 0. The number of aryl methyl sites for hydroxylation is 2. The number of allylic oxidation sites excluding steroid dienone is 3. The van der Waals surface area contributed by atoms with Gasteiger partial charge in [-0.25, -0.2) is 9.50 Å². The van der Waals surface area contributed by atoms with Crippen molar-refractivity contribution in [2.45, 2.75) is 20.8 Å². The van der Waals surface area contributed by atoms with E-state index in [-0.39, 0.29) is 18.2 Å². The van der Waals surface area contributed by atoms with E-state index in [2.05, 4.69) is 15.0 Å². The van der Waals surface area contributed by atoms with Crippen molar-refractivity contribution < 1.29 is 14.7 Å². The maximum absolute atomic E-state index is 12.9. The standard InChI is InChI=1S/C21H26N6O.CH2O2/c1-4-5-6-7-18(22)25-10-16-12-26(13-17(16)11-25)21(28)19-23-20-15(3)8-14(2)9-27(20)24-19;2-1-3/h4-9,16-17,22H,10-13H2,1-3H3;1H,(H,2,3)/b5-4+,7-6-,22-18?;. The van der Waals surface area contributed by atoms with Crippen molar-refractivity contribution in [2.24, 2.45) is 11.8 Å². The molecule has 0 radical (unpaired) electrons. The fraction of sp³-hybridized carbons (Fsp3) is 0.409. The molecule has 2 saturated heterocycles. The van der Waals surface area contributed by atoms with Crippen LogP contribution in [0.2, 0.25) is 0 Å². The highest BCUT2D eigenvalue weighted by molar-refractivity contribution is 5.92. The quantitative estimate of drug-likeness (QED) is 0.338. The zero-order chi connectivity index (χ0) is 22.5. The van der Waals surface area contributed by atoms with Crippen LogP contribution in [-0.4, -0.2) is 73.9 Å². The number of hydrogen-bond donors (Lipinski definition) is 2. The van der Waals surface area contributed by atoms with Gasteiger partial charge in [-0.05, 0) is 38.0 Å². The molecule has 2 unspecified atom stereocenters. The van der Waals surface area contributed by atoms with Crippen LogP contribution >= 0.6 is 0 Å². The van der Waals surface area contributed by atoms with Gasteiger partial charge < -0.3 is 14.9 Å². The summed E-state index contributed by atoms with van der Waals surface area (Å²) in [4.78, 5) is 29.8. The van der Waals surface area contributed by atoms with Crippen molar-refractivity contribution >= 4 is 23.9 Å². The Hall–Kier alpha value is -3.49. The van der Waals surface area contributed by atoms with Crippen molar-refractivity contribution in [2.75, 3.05) is 26.2 Å². The number of carbonyl (C=O) groups is 2. The van der Waals surface area contributed by atoms with Gasteiger partial charge in [0.15, 0.2) is 5.65 Å². The smallest absolute Gasteiger partial charge is 0.293 e. The Kier molecular flexibility index (Phi) is 6.84. The second-order valence-electron chi connectivity index (χ2n) is 7.91. The van der Waals surface area contributed by atoms with Crippen LogP contribution in [0.15, 0.2) is 36.6 Å². The second kappa shape index (κ2) is 9.55. The first-order chi connectivity index (χ1) is 14.9. The summed E-state index contributed by atoms with van der Waals surface area (Å²) in [6, 6.07) is 2.05. The lowest BCUT2D eigenvalue weighted by atomic mass is 10.0. The number of nitrogens with zero attached hydrogens (tertiary/aromatic N) is 5. The Bertz CT molecular complexity index is 1030. The first-order valence-corrected chi connectivity index (χ1v) is 10.2. The highest BCUT2D eigenvalue weighted by Crippen LogP contribution is 2.32. The molecule has 2 N–H and O–H groups in total. The van der Waals surface area contributed by atoms with Gasteiger partial charge in [-0.3, -0.25) is 15.0 Å². The monoisotopic (exact) mass is 424 g/mol.